The van der Waals surface area contributed by atoms with Crippen LogP contribution in [0.5, 0.6) is 0 Å². The highest BCUT2D eigenvalue weighted by Gasteiger charge is 2.33. The molecule has 2 rings (SSSR count). The lowest BCUT2D eigenvalue weighted by atomic mass is 9.84. The smallest absolute Gasteiger partial charge is 0.325 e. The highest BCUT2D eigenvalue weighted by atomic mass is 35.5. The van der Waals surface area contributed by atoms with Crippen LogP contribution in [0.4, 0.5) is 0 Å². The van der Waals surface area contributed by atoms with Crippen LogP contribution in [0.15, 0.2) is 30.3 Å². The Labute approximate surface area is 163 Å². The van der Waals surface area contributed by atoms with E-state index in [0.717, 1.165) is 6.42 Å². The van der Waals surface area contributed by atoms with Crippen LogP contribution in [0.3, 0.4) is 0 Å². The van der Waals surface area contributed by atoms with Crippen LogP contribution in [0, 0.1) is 17.8 Å². The van der Waals surface area contributed by atoms with Crippen LogP contribution in [0.2, 0.25) is 0 Å². The van der Waals surface area contributed by atoms with Gasteiger partial charge in [0.2, 0.25) is 0 Å². The van der Waals surface area contributed by atoms with Crippen LogP contribution >= 0.6 is 12.4 Å². The maximum absolute atomic E-state index is 12.1. The van der Waals surface area contributed by atoms with Crippen LogP contribution in [0.1, 0.15) is 26.3 Å². The number of cyclic esters (lactones) is 1. The van der Waals surface area contributed by atoms with E-state index in [0.29, 0.717) is 25.7 Å². The molecule has 0 aromatic heterocycles. The van der Waals surface area contributed by atoms with Gasteiger partial charge in [0.05, 0.1) is 19.8 Å². The topological polar surface area (TPSA) is 70.8 Å². The van der Waals surface area contributed by atoms with Crippen molar-refractivity contribution in [1.29, 1.82) is 0 Å². The maximum Gasteiger partial charge on any atom is 0.325 e. The van der Waals surface area contributed by atoms with Crippen LogP contribution < -0.4 is 5.73 Å². The summed E-state index contributed by atoms with van der Waals surface area (Å²) in [5, 5.41) is 0. The number of benzene rings is 1. The fraction of sp³-hybridized carbons (Fsp3) is 0.650. The third-order valence-corrected chi connectivity index (χ3v) is 4.54. The molecule has 1 aliphatic rings. The minimum atomic E-state index is -0.727. The molecule has 1 aliphatic heterocycles. The molecule has 5 nitrogen and oxygen atoms in total. The SMILES string of the molecule is CC(C)COC[C@H]1[C@H](Cc2ccccc2)COC[C@@H](N)C(=O)O[C@@H]1C.Cl. The van der Waals surface area contributed by atoms with Gasteiger partial charge in [-0.2, -0.15) is 0 Å². The van der Waals surface area contributed by atoms with E-state index in [9.17, 15) is 4.79 Å². The summed E-state index contributed by atoms with van der Waals surface area (Å²) in [5.41, 5.74) is 7.07. The maximum atomic E-state index is 12.1. The first-order valence-electron chi connectivity index (χ1n) is 9.12. The van der Waals surface area contributed by atoms with E-state index < -0.39 is 12.0 Å². The van der Waals surface area contributed by atoms with E-state index >= 15 is 0 Å². The van der Waals surface area contributed by atoms with Gasteiger partial charge >= 0.3 is 5.97 Å². The largest absolute Gasteiger partial charge is 0.461 e. The molecule has 1 fully saturated rings. The Morgan fingerprint density at radius 1 is 1.23 bits per heavy atom. The third-order valence-electron chi connectivity index (χ3n) is 4.54. The molecule has 0 aliphatic carbocycles. The van der Waals surface area contributed by atoms with E-state index in [4.69, 9.17) is 19.9 Å². The molecular weight excluding hydrogens is 354 g/mol. The molecule has 1 heterocycles. The molecule has 0 bridgehead atoms. The molecule has 1 saturated heterocycles. The standard InChI is InChI=1S/C20H31NO4.ClH/c1-14(2)10-23-12-18-15(3)25-20(22)19(21)13-24-11-17(18)9-16-7-5-4-6-8-16;/h4-8,14-15,17-19H,9-13,21H2,1-3H3;1H/t15-,17-,18-,19-;/m1./s1. The first-order chi connectivity index (χ1) is 12.0. The van der Waals surface area contributed by atoms with Gasteiger partial charge in [0.25, 0.3) is 0 Å². The predicted molar refractivity (Wildman–Crippen MR) is 104 cm³/mol. The lowest BCUT2D eigenvalue weighted by Crippen LogP contribution is -2.39. The molecule has 0 unspecified atom stereocenters. The Kier molecular flexibility index (Phi) is 10.2. The average Bonchev–Trinajstić information content (AvgIpc) is 2.61. The molecule has 0 saturated carbocycles. The van der Waals surface area contributed by atoms with Gasteiger partial charge in [0.15, 0.2) is 0 Å². The minimum Gasteiger partial charge on any atom is -0.461 e. The molecule has 0 radical (unpaired) electrons. The lowest BCUT2D eigenvalue weighted by Gasteiger charge is -2.31. The van der Waals surface area contributed by atoms with Crippen molar-refractivity contribution < 1.29 is 19.0 Å². The van der Waals surface area contributed by atoms with Crippen molar-refractivity contribution in [2.24, 2.45) is 23.5 Å². The number of carbonyl (C=O) groups is 1. The second-order valence-electron chi connectivity index (χ2n) is 7.33. The van der Waals surface area contributed by atoms with Crippen LogP contribution in [-0.4, -0.2) is 44.5 Å². The Bertz CT molecular complexity index is 526. The first kappa shape index (κ1) is 22.9. The number of ether oxygens (including phenoxy) is 3. The Morgan fingerprint density at radius 2 is 1.92 bits per heavy atom. The third kappa shape index (κ3) is 7.23. The number of hydrogen-bond acceptors (Lipinski definition) is 5. The average molecular weight is 386 g/mol. The van der Waals surface area contributed by atoms with Crippen molar-refractivity contribution in [2.75, 3.05) is 26.4 Å². The number of halogens is 1. The summed E-state index contributed by atoms with van der Waals surface area (Å²) in [6.45, 7) is 8.14. The number of rotatable bonds is 6. The zero-order valence-electron chi connectivity index (χ0n) is 15.9. The minimum absolute atomic E-state index is 0. The van der Waals surface area contributed by atoms with Gasteiger partial charge in [-0.15, -0.1) is 12.4 Å². The zero-order valence-corrected chi connectivity index (χ0v) is 16.7. The molecule has 4 atom stereocenters. The summed E-state index contributed by atoms with van der Waals surface area (Å²) in [6.07, 6.45) is 0.592. The highest BCUT2D eigenvalue weighted by Crippen LogP contribution is 2.26. The van der Waals surface area contributed by atoms with Gasteiger partial charge in [-0.25, -0.2) is 0 Å². The molecule has 26 heavy (non-hydrogen) atoms. The molecule has 6 heteroatoms. The Hall–Kier alpha value is -1.14. The summed E-state index contributed by atoms with van der Waals surface area (Å²) >= 11 is 0. The molecule has 0 amide bonds. The highest BCUT2D eigenvalue weighted by molar-refractivity contribution is 5.85. The van der Waals surface area contributed by atoms with E-state index in [-0.39, 0.29) is 37.0 Å². The van der Waals surface area contributed by atoms with Gasteiger partial charge in [0, 0.05) is 12.5 Å². The molecule has 1 aromatic rings. The summed E-state index contributed by atoms with van der Waals surface area (Å²) in [7, 11) is 0. The molecule has 148 valence electrons. The van der Waals surface area contributed by atoms with Gasteiger partial charge in [-0.05, 0) is 30.7 Å². The summed E-state index contributed by atoms with van der Waals surface area (Å²) in [4.78, 5) is 12.1. The number of hydrogen-bond donors (Lipinski definition) is 1. The van der Waals surface area contributed by atoms with Crippen molar-refractivity contribution in [3.8, 4) is 0 Å². The monoisotopic (exact) mass is 385 g/mol. The van der Waals surface area contributed by atoms with Gasteiger partial charge in [0.1, 0.15) is 12.1 Å². The number of nitrogens with two attached hydrogens (primary N) is 1. The number of carbonyl (C=O) groups excluding carboxylic acids is 1. The number of esters is 1. The molecule has 2 N–H and O–H groups in total. The molecule has 0 spiro atoms. The fourth-order valence-corrected chi connectivity index (χ4v) is 3.12. The summed E-state index contributed by atoms with van der Waals surface area (Å²) in [5.74, 6) is 0.323. The first-order valence-corrected chi connectivity index (χ1v) is 9.12. The van der Waals surface area contributed by atoms with Crippen molar-refractivity contribution in [1.82, 2.24) is 0 Å². The van der Waals surface area contributed by atoms with E-state index in [1.54, 1.807) is 0 Å². The summed E-state index contributed by atoms with van der Waals surface area (Å²) in [6, 6.07) is 9.58. The van der Waals surface area contributed by atoms with Crippen molar-refractivity contribution in [2.45, 2.75) is 39.3 Å². The quantitative estimate of drug-likeness (QED) is 0.762. The van der Waals surface area contributed by atoms with Crippen LogP contribution in [0.25, 0.3) is 0 Å². The zero-order chi connectivity index (χ0) is 18.2. The fourth-order valence-electron chi connectivity index (χ4n) is 3.12. The van der Waals surface area contributed by atoms with Gasteiger partial charge in [-0.3, -0.25) is 4.79 Å². The second-order valence-corrected chi connectivity index (χ2v) is 7.33. The molecule has 1 aromatic carbocycles. The molecular formula is C20H32ClNO4. The Morgan fingerprint density at radius 3 is 2.58 bits per heavy atom. The van der Waals surface area contributed by atoms with Gasteiger partial charge < -0.3 is 19.9 Å². The normalized spacial score (nSPS) is 27.0. The van der Waals surface area contributed by atoms with E-state index in [1.165, 1.54) is 5.56 Å². The summed E-state index contributed by atoms with van der Waals surface area (Å²) < 4.78 is 17.2. The van der Waals surface area contributed by atoms with Crippen molar-refractivity contribution >= 4 is 18.4 Å². The van der Waals surface area contributed by atoms with Crippen molar-refractivity contribution in [3.05, 3.63) is 35.9 Å². The lowest BCUT2D eigenvalue weighted by molar-refractivity contribution is -0.154. The second kappa shape index (κ2) is 11.5. The van der Waals surface area contributed by atoms with E-state index in [2.05, 4.69) is 26.0 Å². The van der Waals surface area contributed by atoms with E-state index in [1.807, 2.05) is 25.1 Å². The predicted octanol–water partition coefficient (Wildman–Crippen LogP) is 2.85. The van der Waals surface area contributed by atoms with Gasteiger partial charge in [-0.1, -0.05) is 44.2 Å². The van der Waals surface area contributed by atoms with Crippen LogP contribution in [-0.2, 0) is 25.4 Å². The Balaban J connectivity index is 0.00000338. The van der Waals surface area contributed by atoms with Crippen molar-refractivity contribution in [3.63, 3.8) is 0 Å².